The van der Waals surface area contributed by atoms with Crippen molar-refractivity contribution in [2.45, 2.75) is 90.9 Å². The maximum Gasteiger partial charge on any atom is 0.166 e. The molecule has 3 heteroatoms. The molecule has 222 valence electrons. The second-order valence-electron chi connectivity index (χ2n) is 12.5. The predicted octanol–water partition coefficient (Wildman–Crippen LogP) is 12.1. The Balaban J connectivity index is 1.21. The summed E-state index contributed by atoms with van der Waals surface area (Å²) in [5, 5.41) is 0. The highest BCUT2D eigenvalue weighted by molar-refractivity contribution is 5.74. The predicted molar refractivity (Wildman–Crippen MR) is 171 cm³/mol. The van der Waals surface area contributed by atoms with Gasteiger partial charge in [0.25, 0.3) is 0 Å². The van der Waals surface area contributed by atoms with Crippen LogP contribution >= 0.6 is 0 Å². The smallest absolute Gasteiger partial charge is 0.166 e. The van der Waals surface area contributed by atoms with Gasteiger partial charge in [0, 0.05) is 11.1 Å². The molecular formula is C39H45F3. The molecule has 0 amide bonds. The number of unbranched alkanes of at least 4 members (excludes halogenated alkanes) is 2. The highest BCUT2D eigenvalue weighted by Crippen LogP contribution is 2.43. The zero-order chi connectivity index (χ0) is 29.5. The molecule has 42 heavy (non-hydrogen) atoms. The Hall–Kier alpha value is -3.07. The number of hydrogen-bond acceptors (Lipinski definition) is 0. The van der Waals surface area contributed by atoms with Gasteiger partial charge in [-0.05, 0) is 97.1 Å². The number of halogens is 3. The van der Waals surface area contributed by atoms with Crippen LogP contribution in [0.15, 0.2) is 72.8 Å². The maximum absolute atomic E-state index is 15.4. The number of allylic oxidation sites excluding steroid dienone is 4. The van der Waals surface area contributed by atoms with E-state index in [9.17, 15) is 8.78 Å². The van der Waals surface area contributed by atoms with E-state index < -0.39 is 11.6 Å². The quantitative estimate of drug-likeness (QED) is 0.168. The first kappa shape index (κ1) is 30.4. The highest BCUT2D eigenvalue weighted by atomic mass is 19.2. The Morgan fingerprint density at radius 3 is 2.12 bits per heavy atom. The van der Waals surface area contributed by atoms with Crippen LogP contribution in [-0.4, -0.2) is 0 Å². The van der Waals surface area contributed by atoms with Gasteiger partial charge < -0.3 is 0 Å². The topological polar surface area (TPSA) is 0 Å². The van der Waals surface area contributed by atoms with E-state index in [4.69, 9.17) is 0 Å². The van der Waals surface area contributed by atoms with Crippen LogP contribution in [0.2, 0.25) is 0 Å². The molecule has 1 saturated carbocycles. The summed E-state index contributed by atoms with van der Waals surface area (Å²) in [7, 11) is 0. The fraction of sp³-hybridized carbons (Fsp3) is 0.436. The van der Waals surface area contributed by atoms with Crippen LogP contribution in [0, 0.1) is 35.2 Å². The molecule has 2 aliphatic carbocycles. The Morgan fingerprint density at radius 2 is 1.45 bits per heavy atom. The van der Waals surface area contributed by atoms with Gasteiger partial charge in [0.15, 0.2) is 11.6 Å². The summed E-state index contributed by atoms with van der Waals surface area (Å²) in [5.41, 5.74) is 4.63. The van der Waals surface area contributed by atoms with Gasteiger partial charge in [-0.25, -0.2) is 13.2 Å². The monoisotopic (exact) mass is 570 g/mol. The SMILES string of the molecule is CC=CCc1ccc(-c2ccc(-c3ccc(C4=CCC(C5CCC(CCCCC)CC5)CC4)c(F)c3)cc2)c(F)c1F. The van der Waals surface area contributed by atoms with Crippen molar-refractivity contribution in [3.63, 3.8) is 0 Å². The minimum absolute atomic E-state index is 0.196. The average molecular weight is 571 g/mol. The third-order valence-electron chi connectivity index (χ3n) is 9.81. The van der Waals surface area contributed by atoms with Crippen molar-refractivity contribution in [2.75, 3.05) is 0 Å². The lowest BCUT2D eigenvalue weighted by Crippen LogP contribution is -2.23. The Kier molecular flexibility index (Phi) is 10.4. The lowest BCUT2D eigenvalue weighted by molar-refractivity contribution is 0.187. The van der Waals surface area contributed by atoms with E-state index in [2.05, 4.69) is 13.0 Å². The molecule has 0 heterocycles. The molecule has 1 unspecified atom stereocenters. The van der Waals surface area contributed by atoms with Gasteiger partial charge in [0.1, 0.15) is 5.82 Å². The number of rotatable bonds is 10. The van der Waals surface area contributed by atoms with Crippen LogP contribution in [0.1, 0.15) is 95.6 Å². The second-order valence-corrected chi connectivity index (χ2v) is 12.5. The summed E-state index contributed by atoms with van der Waals surface area (Å²) in [5.74, 6) is 0.684. The Bertz CT molecular complexity index is 1390. The number of benzene rings is 3. The number of hydrogen-bond donors (Lipinski definition) is 0. The third kappa shape index (κ3) is 7.10. The van der Waals surface area contributed by atoms with Crippen LogP contribution in [-0.2, 0) is 6.42 Å². The summed E-state index contributed by atoms with van der Waals surface area (Å²) in [6.07, 6.45) is 20.5. The first-order valence-corrected chi connectivity index (χ1v) is 16.2. The second kappa shape index (κ2) is 14.4. The highest BCUT2D eigenvalue weighted by Gasteiger charge is 2.29. The largest absolute Gasteiger partial charge is 0.206 e. The molecule has 0 aromatic heterocycles. The van der Waals surface area contributed by atoms with E-state index in [1.807, 2.05) is 37.3 Å². The molecule has 2 aliphatic rings. The summed E-state index contributed by atoms with van der Waals surface area (Å²) >= 11 is 0. The molecule has 5 rings (SSSR count). The van der Waals surface area contributed by atoms with E-state index >= 15 is 4.39 Å². The summed E-state index contributed by atoms with van der Waals surface area (Å²) < 4.78 is 44.8. The lowest BCUT2D eigenvalue weighted by atomic mass is 9.70. The Labute approximate surface area is 250 Å². The van der Waals surface area contributed by atoms with Gasteiger partial charge in [-0.1, -0.05) is 112 Å². The third-order valence-corrected chi connectivity index (χ3v) is 9.81. The summed E-state index contributed by atoms with van der Waals surface area (Å²) in [6.45, 7) is 4.13. The van der Waals surface area contributed by atoms with E-state index in [0.717, 1.165) is 53.7 Å². The lowest BCUT2D eigenvalue weighted by Gasteiger charge is -2.35. The molecule has 0 saturated heterocycles. The van der Waals surface area contributed by atoms with E-state index in [0.29, 0.717) is 23.1 Å². The zero-order valence-corrected chi connectivity index (χ0v) is 25.3. The van der Waals surface area contributed by atoms with E-state index in [-0.39, 0.29) is 11.4 Å². The first-order chi connectivity index (χ1) is 20.5. The molecule has 0 nitrogen and oxygen atoms in total. The van der Waals surface area contributed by atoms with Gasteiger partial charge in [-0.2, -0.15) is 0 Å². The van der Waals surface area contributed by atoms with Crippen molar-refractivity contribution < 1.29 is 13.2 Å². The van der Waals surface area contributed by atoms with Crippen molar-refractivity contribution in [3.8, 4) is 22.3 Å². The summed E-state index contributed by atoms with van der Waals surface area (Å²) in [4.78, 5) is 0. The van der Waals surface area contributed by atoms with E-state index in [1.54, 1.807) is 36.4 Å². The zero-order valence-electron chi connectivity index (χ0n) is 25.3. The fourth-order valence-electron chi connectivity index (χ4n) is 7.17. The molecule has 1 fully saturated rings. The van der Waals surface area contributed by atoms with Crippen molar-refractivity contribution in [1.29, 1.82) is 0 Å². The van der Waals surface area contributed by atoms with E-state index in [1.165, 1.54) is 51.4 Å². The minimum atomic E-state index is -0.835. The van der Waals surface area contributed by atoms with Gasteiger partial charge in [-0.3, -0.25) is 0 Å². The molecular weight excluding hydrogens is 525 g/mol. The summed E-state index contributed by atoms with van der Waals surface area (Å²) in [6, 6.07) is 16.0. The molecule has 0 radical (unpaired) electrons. The maximum atomic E-state index is 15.4. The van der Waals surface area contributed by atoms with Crippen LogP contribution in [0.4, 0.5) is 13.2 Å². The Morgan fingerprint density at radius 1 is 0.738 bits per heavy atom. The molecule has 3 aromatic carbocycles. The molecule has 0 bridgehead atoms. The van der Waals surface area contributed by atoms with Crippen LogP contribution < -0.4 is 0 Å². The van der Waals surface area contributed by atoms with Crippen molar-refractivity contribution >= 4 is 5.57 Å². The molecule has 0 N–H and O–H groups in total. The van der Waals surface area contributed by atoms with Gasteiger partial charge in [-0.15, -0.1) is 0 Å². The van der Waals surface area contributed by atoms with Gasteiger partial charge in [0.05, 0.1) is 0 Å². The normalized spacial score (nSPS) is 21.1. The molecule has 0 spiro atoms. The van der Waals surface area contributed by atoms with Gasteiger partial charge >= 0.3 is 0 Å². The van der Waals surface area contributed by atoms with Crippen LogP contribution in [0.25, 0.3) is 27.8 Å². The van der Waals surface area contributed by atoms with Crippen LogP contribution in [0.3, 0.4) is 0 Å². The first-order valence-electron chi connectivity index (χ1n) is 16.2. The van der Waals surface area contributed by atoms with Gasteiger partial charge in [0.2, 0.25) is 0 Å². The minimum Gasteiger partial charge on any atom is -0.206 e. The molecule has 0 aliphatic heterocycles. The van der Waals surface area contributed by atoms with Crippen molar-refractivity contribution in [1.82, 2.24) is 0 Å². The molecule has 1 atom stereocenters. The molecule has 3 aromatic rings. The fourth-order valence-corrected chi connectivity index (χ4v) is 7.17. The van der Waals surface area contributed by atoms with Crippen LogP contribution in [0.5, 0.6) is 0 Å². The van der Waals surface area contributed by atoms with Crippen molar-refractivity contribution in [3.05, 3.63) is 101 Å². The average Bonchev–Trinajstić information content (AvgIpc) is 3.02. The standard InChI is InChI=1S/C39H45F3/c1-3-5-7-8-27-10-12-28(13-11-27)29-14-18-31(19-15-29)35-24-23-34(26-37(35)40)30-16-20-32(21-17-30)36-25-22-33(9-6-4-2)38(41)39(36)42/h4,6,16-18,20-29H,3,5,7-15,19H2,1-2H3. The van der Waals surface area contributed by atoms with Crippen molar-refractivity contribution in [2.24, 2.45) is 17.8 Å².